The van der Waals surface area contributed by atoms with Crippen molar-refractivity contribution in [1.82, 2.24) is 5.43 Å². The van der Waals surface area contributed by atoms with E-state index in [1.165, 1.54) is 11.1 Å². The fourth-order valence-electron chi connectivity index (χ4n) is 1.47. The van der Waals surface area contributed by atoms with Gasteiger partial charge in [0.05, 0.1) is 12.6 Å². The first-order chi connectivity index (χ1) is 7.27. The van der Waals surface area contributed by atoms with E-state index in [9.17, 15) is 0 Å². The molecule has 1 unspecified atom stereocenters. The smallest absolute Gasteiger partial charge is 0.0694 e. The number of rotatable bonds is 6. The Morgan fingerprint density at radius 3 is 2.87 bits per heavy atom. The van der Waals surface area contributed by atoms with Crippen molar-refractivity contribution in [2.24, 2.45) is 5.84 Å². The Morgan fingerprint density at radius 1 is 1.47 bits per heavy atom. The zero-order valence-corrected chi connectivity index (χ0v) is 9.49. The topological polar surface area (TPSA) is 47.3 Å². The predicted molar refractivity (Wildman–Crippen MR) is 62.4 cm³/mol. The van der Waals surface area contributed by atoms with Crippen LogP contribution < -0.4 is 11.3 Å². The highest BCUT2D eigenvalue weighted by Crippen LogP contribution is 2.13. The van der Waals surface area contributed by atoms with Crippen molar-refractivity contribution >= 4 is 0 Å². The van der Waals surface area contributed by atoms with Crippen LogP contribution in [0, 0.1) is 6.92 Å². The molecule has 3 heteroatoms. The van der Waals surface area contributed by atoms with Gasteiger partial charge in [-0.15, -0.1) is 0 Å². The van der Waals surface area contributed by atoms with Gasteiger partial charge in [-0.25, -0.2) is 0 Å². The fraction of sp³-hybridized carbons (Fsp3) is 0.500. The lowest BCUT2D eigenvalue weighted by Gasteiger charge is -2.16. The van der Waals surface area contributed by atoms with Crippen molar-refractivity contribution in [2.75, 3.05) is 13.2 Å². The Bertz CT molecular complexity index is 289. The summed E-state index contributed by atoms with van der Waals surface area (Å²) < 4.78 is 5.49. The molecule has 0 aliphatic heterocycles. The second kappa shape index (κ2) is 6.56. The number of hydrogen-bond donors (Lipinski definition) is 2. The molecule has 0 spiro atoms. The quantitative estimate of drug-likeness (QED) is 0.426. The third kappa shape index (κ3) is 4.00. The maximum atomic E-state index is 5.51. The molecule has 1 rings (SSSR count). The Kier molecular flexibility index (Phi) is 5.32. The standard InChI is InChI=1S/C12H20N2O/c1-3-7-15-9-12(14-13)11-6-4-5-10(2)8-11/h4-6,8,12,14H,3,7,9,13H2,1-2H3. The van der Waals surface area contributed by atoms with Gasteiger partial charge >= 0.3 is 0 Å². The van der Waals surface area contributed by atoms with E-state index in [-0.39, 0.29) is 6.04 Å². The molecule has 15 heavy (non-hydrogen) atoms. The van der Waals surface area contributed by atoms with Gasteiger partial charge in [-0.1, -0.05) is 36.8 Å². The van der Waals surface area contributed by atoms with E-state index in [1.807, 2.05) is 6.07 Å². The largest absolute Gasteiger partial charge is 0.379 e. The monoisotopic (exact) mass is 208 g/mol. The summed E-state index contributed by atoms with van der Waals surface area (Å²) >= 11 is 0. The minimum atomic E-state index is 0.0800. The molecule has 0 aliphatic carbocycles. The van der Waals surface area contributed by atoms with E-state index >= 15 is 0 Å². The Balaban J connectivity index is 2.57. The summed E-state index contributed by atoms with van der Waals surface area (Å²) in [5.41, 5.74) is 5.19. The average molecular weight is 208 g/mol. The van der Waals surface area contributed by atoms with E-state index in [2.05, 4.69) is 37.5 Å². The van der Waals surface area contributed by atoms with Gasteiger partial charge in [0.2, 0.25) is 0 Å². The number of nitrogens with two attached hydrogens (primary N) is 1. The second-order valence-electron chi connectivity index (χ2n) is 3.71. The van der Waals surface area contributed by atoms with Crippen LogP contribution in [0.3, 0.4) is 0 Å². The summed E-state index contributed by atoms with van der Waals surface area (Å²) in [6.45, 7) is 5.57. The van der Waals surface area contributed by atoms with Gasteiger partial charge in [-0.05, 0) is 18.9 Å². The molecule has 1 aromatic carbocycles. The highest BCUT2D eigenvalue weighted by atomic mass is 16.5. The molecule has 0 saturated heterocycles. The van der Waals surface area contributed by atoms with E-state index in [0.717, 1.165) is 13.0 Å². The minimum Gasteiger partial charge on any atom is -0.379 e. The summed E-state index contributed by atoms with van der Waals surface area (Å²) in [6.07, 6.45) is 1.03. The van der Waals surface area contributed by atoms with Crippen molar-refractivity contribution < 1.29 is 4.74 Å². The van der Waals surface area contributed by atoms with Crippen LogP contribution in [0.5, 0.6) is 0 Å². The number of hydrazine groups is 1. The first-order valence-electron chi connectivity index (χ1n) is 5.38. The summed E-state index contributed by atoms with van der Waals surface area (Å²) in [4.78, 5) is 0. The first kappa shape index (κ1) is 12.2. The highest BCUT2D eigenvalue weighted by molar-refractivity contribution is 5.24. The van der Waals surface area contributed by atoms with Crippen molar-refractivity contribution in [3.63, 3.8) is 0 Å². The minimum absolute atomic E-state index is 0.0800. The third-order valence-electron chi connectivity index (χ3n) is 2.28. The zero-order valence-electron chi connectivity index (χ0n) is 9.49. The van der Waals surface area contributed by atoms with E-state index < -0.39 is 0 Å². The van der Waals surface area contributed by atoms with Crippen LogP contribution in [0.1, 0.15) is 30.5 Å². The highest BCUT2D eigenvalue weighted by Gasteiger charge is 2.09. The molecule has 0 radical (unpaired) electrons. The Labute approximate surface area is 91.6 Å². The molecule has 0 aliphatic rings. The van der Waals surface area contributed by atoms with Gasteiger partial charge in [0.1, 0.15) is 0 Å². The van der Waals surface area contributed by atoms with Gasteiger partial charge in [-0.2, -0.15) is 0 Å². The van der Waals surface area contributed by atoms with Gasteiger partial charge < -0.3 is 4.74 Å². The third-order valence-corrected chi connectivity index (χ3v) is 2.28. The maximum Gasteiger partial charge on any atom is 0.0694 e. The lowest BCUT2D eigenvalue weighted by molar-refractivity contribution is 0.112. The van der Waals surface area contributed by atoms with Gasteiger partial charge in [-0.3, -0.25) is 11.3 Å². The molecular formula is C12H20N2O. The van der Waals surface area contributed by atoms with Gasteiger partial charge in [0.25, 0.3) is 0 Å². The zero-order chi connectivity index (χ0) is 11.1. The van der Waals surface area contributed by atoms with Crippen molar-refractivity contribution in [3.8, 4) is 0 Å². The molecule has 0 saturated carbocycles. The SMILES string of the molecule is CCCOCC(NN)c1cccc(C)c1. The summed E-state index contributed by atoms with van der Waals surface area (Å²) in [5.74, 6) is 5.51. The predicted octanol–water partition coefficient (Wildman–Crippen LogP) is 1.93. The van der Waals surface area contributed by atoms with Crippen LogP contribution in [-0.2, 0) is 4.74 Å². The molecule has 0 fully saturated rings. The second-order valence-corrected chi connectivity index (χ2v) is 3.71. The lowest BCUT2D eigenvalue weighted by atomic mass is 10.1. The number of aryl methyl sites for hydroxylation is 1. The van der Waals surface area contributed by atoms with E-state index in [4.69, 9.17) is 10.6 Å². The van der Waals surface area contributed by atoms with Crippen molar-refractivity contribution in [2.45, 2.75) is 26.3 Å². The van der Waals surface area contributed by atoms with Crippen molar-refractivity contribution in [1.29, 1.82) is 0 Å². The number of hydrogen-bond acceptors (Lipinski definition) is 3. The fourth-order valence-corrected chi connectivity index (χ4v) is 1.47. The van der Waals surface area contributed by atoms with Gasteiger partial charge in [0, 0.05) is 6.61 Å². The van der Waals surface area contributed by atoms with Crippen molar-refractivity contribution in [3.05, 3.63) is 35.4 Å². The van der Waals surface area contributed by atoms with Crippen LogP contribution in [0.25, 0.3) is 0 Å². The van der Waals surface area contributed by atoms with Crippen LogP contribution in [0.2, 0.25) is 0 Å². The Morgan fingerprint density at radius 2 is 2.27 bits per heavy atom. The molecule has 0 amide bonds. The average Bonchev–Trinajstić information content (AvgIpc) is 2.24. The van der Waals surface area contributed by atoms with Crippen LogP contribution in [0.4, 0.5) is 0 Å². The summed E-state index contributed by atoms with van der Waals surface area (Å²) in [7, 11) is 0. The molecule has 0 aromatic heterocycles. The first-order valence-corrected chi connectivity index (χ1v) is 5.38. The summed E-state index contributed by atoms with van der Waals surface area (Å²) in [6, 6.07) is 8.38. The van der Waals surface area contributed by atoms with Crippen LogP contribution in [-0.4, -0.2) is 13.2 Å². The maximum absolute atomic E-state index is 5.51. The number of benzene rings is 1. The van der Waals surface area contributed by atoms with E-state index in [0.29, 0.717) is 6.61 Å². The molecule has 0 bridgehead atoms. The van der Waals surface area contributed by atoms with Crippen LogP contribution >= 0.6 is 0 Å². The van der Waals surface area contributed by atoms with E-state index in [1.54, 1.807) is 0 Å². The molecule has 3 nitrogen and oxygen atoms in total. The lowest BCUT2D eigenvalue weighted by Crippen LogP contribution is -2.31. The molecule has 1 atom stereocenters. The molecule has 84 valence electrons. The molecular weight excluding hydrogens is 188 g/mol. The van der Waals surface area contributed by atoms with Gasteiger partial charge in [0.15, 0.2) is 0 Å². The number of nitrogens with one attached hydrogen (secondary N) is 1. The summed E-state index contributed by atoms with van der Waals surface area (Å²) in [5, 5.41) is 0. The Hall–Kier alpha value is -0.900. The molecule has 3 N–H and O–H groups in total. The normalized spacial score (nSPS) is 12.7. The molecule has 0 heterocycles. The number of ether oxygens (including phenoxy) is 1. The van der Waals surface area contributed by atoms with Crippen LogP contribution in [0.15, 0.2) is 24.3 Å². The molecule has 1 aromatic rings.